The van der Waals surface area contributed by atoms with Crippen molar-refractivity contribution in [1.82, 2.24) is 34.3 Å². The smallest absolute Gasteiger partial charge is 0.333 e. The Balaban J connectivity index is 1.09. The maximum Gasteiger partial charge on any atom is 0.333 e. The molecule has 11 nitrogen and oxygen atoms in total. The maximum absolute atomic E-state index is 14.1. The van der Waals surface area contributed by atoms with E-state index in [2.05, 4.69) is 30.1 Å². The number of nitrogens with one attached hydrogen (secondary N) is 1. The molecule has 218 valence electrons. The first kappa shape index (κ1) is 27.8. The van der Waals surface area contributed by atoms with Crippen molar-refractivity contribution in [2.45, 2.75) is 56.7 Å². The van der Waals surface area contributed by atoms with Gasteiger partial charge in [-0.25, -0.2) is 24.1 Å². The number of anilines is 1. The Morgan fingerprint density at radius 2 is 1.61 bits per heavy atom. The van der Waals surface area contributed by atoms with E-state index in [-0.39, 0.29) is 40.8 Å². The molecule has 3 aliphatic rings. The summed E-state index contributed by atoms with van der Waals surface area (Å²) < 4.78 is 17.1. The van der Waals surface area contributed by atoms with Gasteiger partial charge in [0.2, 0.25) is 11.9 Å². The Morgan fingerprint density at radius 3 is 2.32 bits per heavy atom. The molecule has 3 aromatic rings. The van der Waals surface area contributed by atoms with Crippen molar-refractivity contribution in [1.29, 1.82) is 0 Å². The molecule has 6 rings (SSSR count). The molecule has 2 aliphatic heterocycles. The normalized spacial score (nSPS) is 22.6. The van der Waals surface area contributed by atoms with Gasteiger partial charge in [-0.1, -0.05) is 0 Å². The lowest BCUT2D eigenvalue weighted by atomic mass is 9.91. The van der Waals surface area contributed by atoms with E-state index in [0.717, 1.165) is 56.7 Å². The van der Waals surface area contributed by atoms with Gasteiger partial charge in [-0.2, -0.15) is 11.8 Å². The van der Waals surface area contributed by atoms with Crippen LogP contribution in [0.5, 0.6) is 0 Å². The second kappa shape index (κ2) is 12.3. The monoisotopic (exact) mass is 582 g/mol. The summed E-state index contributed by atoms with van der Waals surface area (Å²) in [5.74, 6) is 1.97. The fourth-order valence-corrected chi connectivity index (χ4v) is 7.40. The molecular weight excluding hydrogens is 547 g/mol. The average Bonchev–Trinajstić information content (AvgIpc) is 3.00. The van der Waals surface area contributed by atoms with Crippen LogP contribution in [0.1, 0.15) is 50.6 Å². The van der Waals surface area contributed by atoms with Crippen molar-refractivity contribution >= 4 is 34.7 Å². The number of hydrogen-bond donors (Lipinski definition) is 1. The number of rotatable bonds is 6. The van der Waals surface area contributed by atoms with Crippen molar-refractivity contribution in [3.05, 3.63) is 57.4 Å². The largest absolute Gasteiger partial charge is 0.352 e. The Labute approximate surface area is 241 Å². The highest BCUT2D eigenvalue weighted by Gasteiger charge is 2.30. The van der Waals surface area contributed by atoms with E-state index in [1.54, 1.807) is 23.0 Å². The number of carbonyl (C=O) groups is 1. The summed E-state index contributed by atoms with van der Waals surface area (Å²) >= 11 is 1.85. The van der Waals surface area contributed by atoms with E-state index in [1.165, 1.54) is 10.6 Å². The van der Waals surface area contributed by atoms with E-state index in [9.17, 15) is 18.8 Å². The van der Waals surface area contributed by atoms with Crippen molar-refractivity contribution in [2.75, 3.05) is 49.1 Å². The molecule has 1 aliphatic carbocycles. The summed E-state index contributed by atoms with van der Waals surface area (Å²) in [6, 6.07) is 2.63. The quantitative estimate of drug-likeness (QED) is 0.466. The first-order chi connectivity index (χ1) is 20.0. The average molecular weight is 583 g/mol. The van der Waals surface area contributed by atoms with Gasteiger partial charge in [-0.3, -0.25) is 23.6 Å². The number of thioether (sulfide) groups is 1. The Bertz CT molecular complexity index is 1490. The van der Waals surface area contributed by atoms with Crippen LogP contribution >= 0.6 is 11.8 Å². The third-order valence-corrected chi connectivity index (χ3v) is 9.53. The van der Waals surface area contributed by atoms with Gasteiger partial charge in [0.05, 0.1) is 18.1 Å². The molecule has 3 fully saturated rings. The highest BCUT2D eigenvalue weighted by Crippen LogP contribution is 2.30. The number of pyridine rings is 1. The Morgan fingerprint density at radius 1 is 0.927 bits per heavy atom. The minimum absolute atomic E-state index is 0.00868. The Hall–Kier alpha value is -3.32. The van der Waals surface area contributed by atoms with E-state index in [1.807, 2.05) is 11.8 Å². The number of carbonyl (C=O) groups excluding carboxylic acids is 1. The number of fused-ring (bicyclic) bond motifs is 1. The third kappa shape index (κ3) is 6.01. The van der Waals surface area contributed by atoms with Crippen LogP contribution in [0.2, 0.25) is 0 Å². The van der Waals surface area contributed by atoms with Crippen LogP contribution in [0, 0.1) is 5.82 Å². The molecule has 2 saturated heterocycles. The minimum Gasteiger partial charge on any atom is -0.352 e. The van der Waals surface area contributed by atoms with Gasteiger partial charge < -0.3 is 10.2 Å². The van der Waals surface area contributed by atoms with Crippen LogP contribution in [-0.4, -0.2) is 85.2 Å². The van der Waals surface area contributed by atoms with E-state index in [4.69, 9.17) is 0 Å². The number of hydrogen-bond acceptors (Lipinski definition) is 9. The van der Waals surface area contributed by atoms with Gasteiger partial charge in [-0.05, 0) is 62.2 Å². The lowest BCUT2D eigenvalue weighted by molar-refractivity contribution is -0.123. The fourth-order valence-electron chi connectivity index (χ4n) is 6.31. The summed E-state index contributed by atoms with van der Waals surface area (Å²) in [5, 5.41) is 3.31. The highest BCUT2D eigenvalue weighted by molar-refractivity contribution is 7.99. The van der Waals surface area contributed by atoms with Crippen molar-refractivity contribution in [2.24, 2.45) is 0 Å². The molecule has 1 N–H and O–H groups in total. The first-order valence-electron chi connectivity index (χ1n) is 14.4. The third-order valence-electron chi connectivity index (χ3n) is 8.48. The van der Waals surface area contributed by atoms with Crippen LogP contribution in [0.3, 0.4) is 0 Å². The molecule has 41 heavy (non-hydrogen) atoms. The van der Waals surface area contributed by atoms with Gasteiger partial charge in [-0.15, -0.1) is 0 Å². The summed E-state index contributed by atoms with van der Waals surface area (Å²) in [4.78, 5) is 57.2. The lowest BCUT2D eigenvalue weighted by Gasteiger charge is -2.35. The van der Waals surface area contributed by atoms with Crippen LogP contribution in [-0.2, 0) is 4.79 Å². The van der Waals surface area contributed by atoms with Gasteiger partial charge in [0.15, 0.2) is 0 Å². The fraction of sp³-hybridized carbons (Fsp3) is 0.571. The van der Waals surface area contributed by atoms with Crippen LogP contribution < -0.4 is 21.5 Å². The number of nitrogens with zero attached hydrogens (tertiary/aromatic N) is 7. The molecule has 0 radical (unpaired) electrons. The molecule has 1 saturated carbocycles. The first-order valence-corrected chi connectivity index (χ1v) is 15.6. The predicted octanol–water partition coefficient (Wildman–Crippen LogP) is 1.98. The van der Waals surface area contributed by atoms with Gasteiger partial charge in [0, 0.05) is 56.7 Å². The predicted molar refractivity (Wildman–Crippen MR) is 156 cm³/mol. The molecule has 0 unspecified atom stereocenters. The topological polar surface area (TPSA) is 118 Å². The second-order valence-electron chi connectivity index (χ2n) is 11.1. The van der Waals surface area contributed by atoms with Gasteiger partial charge in [0.1, 0.15) is 11.5 Å². The van der Waals surface area contributed by atoms with Crippen LogP contribution in [0.15, 0.2) is 40.3 Å². The molecule has 13 heteroatoms. The second-order valence-corrected chi connectivity index (χ2v) is 12.3. The van der Waals surface area contributed by atoms with Crippen molar-refractivity contribution < 1.29 is 9.18 Å². The molecule has 0 spiro atoms. The maximum atomic E-state index is 14.1. The highest BCUT2D eigenvalue weighted by atomic mass is 32.2. The van der Waals surface area contributed by atoms with Gasteiger partial charge in [0.25, 0.3) is 5.56 Å². The number of aromatic nitrogens is 5. The summed E-state index contributed by atoms with van der Waals surface area (Å²) in [5.41, 5.74) is -0.565. The van der Waals surface area contributed by atoms with E-state index >= 15 is 0 Å². The molecule has 3 aromatic heterocycles. The van der Waals surface area contributed by atoms with E-state index < -0.39 is 11.4 Å². The molecule has 0 atom stereocenters. The molecule has 5 heterocycles. The molecule has 1 amide bonds. The zero-order valence-corrected chi connectivity index (χ0v) is 23.8. The standard InChI is InChI=1S/C28H35FN8O3S/c29-19-16-23-25(32-17-19)36(22-6-14-41-15-7-22)28(40)37(26(23)39)21-4-2-20(3-5-21)33-24(38)18-34-10-12-35(13-11-34)27-30-8-1-9-31-27/h1,8-9,16-17,20-22H,2-7,10-15,18H2,(H,33,38). The van der Waals surface area contributed by atoms with Crippen LogP contribution in [0.25, 0.3) is 11.0 Å². The van der Waals surface area contributed by atoms with Crippen molar-refractivity contribution in [3.8, 4) is 0 Å². The minimum atomic E-state index is -0.591. The lowest BCUT2D eigenvalue weighted by Crippen LogP contribution is -2.51. The Kier molecular flexibility index (Phi) is 8.33. The number of halogens is 1. The number of piperazine rings is 1. The number of amides is 1. The summed E-state index contributed by atoms with van der Waals surface area (Å²) in [7, 11) is 0. The van der Waals surface area contributed by atoms with Gasteiger partial charge >= 0.3 is 5.69 Å². The molecular formula is C28H35FN8O3S. The zero-order valence-electron chi connectivity index (χ0n) is 23.0. The zero-order chi connectivity index (χ0) is 28.3. The summed E-state index contributed by atoms with van der Waals surface area (Å²) in [6.45, 7) is 3.37. The summed E-state index contributed by atoms with van der Waals surface area (Å²) in [6.07, 6.45) is 8.67. The van der Waals surface area contributed by atoms with Crippen LogP contribution in [0.4, 0.5) is 10.3 Å². The van der Waals surface area contributed by atoms with Crippen molar-refractivity contribution in [3.63, 3.8) is 0 Å². The molecule has 0 aromatic carbocycles. The molecule has 0 bridgehead atoms. The SMILES string of the molecule is O=C(CN1CCN(c2ncccn2)CC1)NC1CCC(n2c(=O)c3cc(F)cnc3n(C3CCSCC3)c2=O)CC1. The van der Waals surface area contributed by atoms with E-state index in [0.29, 0.717) is 38.2 Å².